The van der Waals surface area contributed by atoms with E-state index in [2.05, 4.69) is 0 Å². The van der Waals surface area contributed by atoms with Crippen molar-refractivity contribution in [1.29, 1.82) is 0 Å². The monoisotopic (exact) mass is 180 g/mol. The van der Waals surface area contributed by atoms with E-state index >= 15 is 0 Å². The van der Waals surface area contributed by atoms with Crippen molar-refractivity contribution in [2.75, 3.05) is 19.6 Å². The molecule has 0 aromatic heterocycles. The van der Waals surface area contributed by atoms with Gasteiger partial charge < -0.3 is 10.6 Å². The lowest BCUT2D eigenvalue weighted by molar-refractivity contribution is -0.130. The van der Waals surface area contributed by atoms with Gasteiger partial charge in [0, 0.05) is 26.1 Å². The fourth-order valence-corrected chi connectivity index (χ4v) is 0.858. The van der Waals surface area contributed by atoms with Gasteiger partial charge >= 0.3 is 0 Å². The summed E-state index contributed by atoms with van der Waals surface area (Å²) in [5.74, 6) is 0.160. The maximum Gasteiger partial charge on any atom is 0.223 e. The van der Waals surface area contributed by atoms with Gasteiger partial charge in [0.05, 0.1) is 0 Å². The van der Waals surface area contributed by atoms with Crippen LogP contribution >= 0.6 is 12.4 Å². The molecular formula is C7H17ClN2O. The van der Waals surface area contributed by atoms with Gasteiger partial charge in [-0.2, -0.15) is 0 Å². The molecule has 0 unspecified atom stereocenters. The molecular weight excluding hydrogens is 164 g/mol. The van der Waals surface area contributed by atoms with E-state index in [-0.39, 0.29) is 18.3 Å². The summed E-state index contributed by atoms with van der Waals surface area (Å²) in [6.45, 7) is 5.97. The molecule has 0 aliphatic rings. The Hall–Kier alpha value is -0.280. The predicted molar refractivity (Wildman–Crippen MR) is 48.8 cm³/mol. The van der Waals surface area contributed by atoms with Crippen molar-refractivity contribution in [2.24, 2.45) is 5.73 Å². The van der Waals surface area contributed by atoms with Gasteiger partial charge in [0.1, 0.15) is 0 Å². The van der Waals surface area contributed by atoms with Crippen LogP contribution in [0.1, 0.15) is 20.3 Å². The largest absolute Gasteiger partial charge is 0.343 e. The maximum atomic E-state index is 11.1. The summed E-state index contributed by atoms with van der Waals surface area (Å²) in [7, 11) is 0. The van der Waals surface area contributed by atoms with Crippen molar-refractivity contribution in [3.05, 3.63) is 0 Å². The average Bonchev–Trinajstić information content (AvgIpc) is 1.91. The first-order chi connectivity index (χ1) is 4.76. The molecule has 0 saturated heterocycles. The summed E-state index contributed by atoms with van der Waals surface area (Å²) < 4.78 is 0. The Morgan fingerprint density at radius 2 is 1.82 bits per heavy atom. The highest BCUT2D eigenvalue weighted by Crippen LogP contribution is 1.91. The summed E-state index contributed by atoms with van der Waals surface area (Å²) >= 11 is 0. The third-order valence-electron chi connectivity index (χ3n) is 1.47. The van der Waals surface area contributed by atoms with Crippen LogP contribution in [0.2, 0.25) is 0 Å². The zero-order chi connectivity index (χ0) is 7.98. The molecule has 68 valence electrons. The highest BCUT2D eigenvalue weighted by Gasteiger charge is 2.06. The summed E-state index contributed by atoms with van der Waals surface area (Å²) in [5, 5.41) is 0. The predicted octanol–water partition coefficient (Wildman–Crippen LogP) is 0.625. The summed E-state index contributed by atoms with van der Waals surface area (Å²) in [6.07, 6.45) is 0.474. The lowest BCUT2D eigenvalue weighted by Gasteiger charge is -2.17. The molecule has 0 aliphatic carbocycles. The normalized spacial score (nSPS) is 8.64. The number of amides is 1. The van der Waals surface area contributed by atoms with Crippen molar-refractivity contribution >= 4 is 18.3 Å². The van der Waals surface area contributed by atoms with E-state index in [1.165, 1.54) is 0 Å². The van der Waals surface area contributed by atoms with E-state index in [9.17, 15) is 4.79 Å². The fraction of sp³-hybridized carbons (Fsp3) is 0.857. The molecule has 0 atom stereocenters. The number of carbonyl (C=O) groups is 1. The van der Waals surface area contributed by atoms with Crippen molar-refractivity contribution in [2.45, 2.75) is 20.3 Å². The Balaban J connectivity index is 0. The van der Waals surface area contributed by atoms with Crippen LogP contribution in [0.4, 0.5) is 0 Å². The number of rotatable bonds is 4. The number of carbonyl (C=O) groups excluding carboxylic acids is 1. The van der Waals surface area contributed by atoms with E-state index in [0.717, 1.165) is 13.1 Å². The van der Waals surface area contributed by atoms with Crippen LogP contribution in [0, 0.1) is 0 Å². The minimum Gasteiger partial charge on any atom is -0.343 e. The Morgan fingerprint density at radius 3 is 2.09 bits per heavy atom. The van der Waals surface area contributed by atoms with Gasteiger partial charge in [-0.3, -0.25) is 4.79 Å². The van der Waals surface area contributed by atoms with Crippen LogP contribution in [0.3, 0.4) is 0 Å². The molecule has 0 aromatic carbocycles. The lowest BCUT2D eigenvalue weighted by atomic mass is 10.3. The third-order valence-corrected chi connectivity index (χ3v) is 1.47. The van der Waals surface area contributed by atoms with Crippen LogP contribution in [-0.2, 0) is 4.79 Å². The molecule has 2 N–H and O–H groups in total. The molecule has 0 heterocycles. The SMILES string of the molecule is CCN(CC)C(=O)CCN.Cl. The minimum absolute atomic E-state index is 0. The number of hydrogen-bond donors (Lipinski definition) is 1. The molecule has 11 heavy (non-hydrogen) atoms. The smallest absolute Gasteiger partial charge is 0.223 e. The Morgan fingerprint density at radius 1 is 1.36 bits per heavy atom. The highest BCUT2D eigenvalue weighted by molar-refractivity contribution is 5.85. The van der Waals surface area contributed by atoms with Crippen LogP contribution in [0.5, 0.6) is 0 Å². The number of nitrogens with zero attached hydrogens (tertiary/aromatic N) is 1. The van der Waals surface area contributed by atoms with Gasteiger partial charge in [0.15, 0.2) is 0 Å². The third kappa shape index (κ3) is 5.04. The van der Waals surface area contributed by atoms with Crippen molar-refractivity contribution in [1.82, 2.24) is 4.90 Å². The molecule has 0 spiro atoms. The summed E-state index contributed by atoms with van der Waals surface area (Å²) in [5.41, 5.74) is 5.23. The van der Waals surface area contributed by atoms with Gasteiger partial charge in [-0.1, -0.05) is 0 Å². The van der Waals surface area contributed by atoms with Crippen LogP contribution < -0.4 is 5.73 Å². The number of nitrogens with two attached hydrogens (primary N) is 1. The molecule has 0 fully saturated rings. The van der Waals surface area contributed by atoms with Gasteiger partial charge in [-0.05, 0) is 13.8 Å². The topological polar surface area (TPSA) is 46.3 Å². The number of hydrogen-bond acceptors (Lipinski definition) is 2. The molecule has 0 bridgehead atoms. The second-order valence-electron chi connectivity index (χ2n) is 2.10. The Bertz CT molecular complexity index is 105. The van der Waals surface area contributed by atoms with E-state index in [0.29, 0.717) is 13.0 Å². The Kier molecular flexibility index (Phi) is 9.47. The average molecular weight is 181 g/mol. The van der Waals surface area contributed by atoms with E-state index in [1.807, 2.05) is 13.8 Å². The fourth-order valence-electron chi connectivity index (χ4n) is 0.858. The molecule has 0 aliphatic heterocycles. The number of halogens is 1. The molecule has 0 saturated carbocycles. The Labute approximate surface area is 74.3 Å². The molecule has 0 aromatic rings. The van der Waals surface area contributed by atoms with Crippen molar-refractivity contribution in [3.8, 4) is 0 Å². The summed E-state index contributed by atoms with van der Waals surface area (Å²) in [4.78, 5) is 12.8. The van der Waals surface area contributed by atoms with Gasteiger partial charge in [-0.25, -0.2) is 0 Å². The van der Waals surface area contributed by atoms with Crippen LogP contribution in [0.15, 0.2) is 0 Å². The lowest BCUT2D eigenvalue weighted by Crippen LogP contribution is -2.31. The van der Waals surface area contributed by atoms with Crippen molar-refractivity contribution in [3.63, 3.8) is 0 Å². The van der Waals surface area contributed by atoms with E-state index < -0.39 is 0 Å². The standard InChI is InChI=1S/C7H16N2O.ClH/c1-3-9(4-2)7(10)5-6-8;/h3-6,8H2,1-2H3;1H. The molecule has 0 radical (unpaired) electrons. The molecule has 1 amide bonds. The van der Waals surface area contributed by atoms with E-state index in [1.54, 1.807) is 4.90 Å². The van der Waals surface area contributed by atoms with E-state index in [4.69, 9.17) is 5.73 Å². The second-order valence-corrected chi connectivity index (χ2v) is 2.10. The molecule has 0 rings (SSSR count). The maximum absolute atomic E-state index is 11.1. The van der Waals surface area contributed by atoms with Crippen molar-refractivity contribution < 1.29 is 4.79 Å². The highest BCUT2D eigenvalue weighted by atomic mass is 35.5. The molecule has 3 nitrogen and oxygen atoms in total. The zero-order valence-electron chi connectivity index (χ0n) is 7.17. The van der Waals surface area contributed by atoms with Crippen LogP contribution in [0.25, 0.3) is 0 Å². The first-order valence-corrected chi connectivity index (χ1v) is 3.74. The van der Waals surface area contributed by atoms with Crippen LogP contribution in [-0.4, -0.2) is 30.4 Å². The van der Waals surface area contributed by atoms with Gasteiger partial charge in [0.25, 0.3) is 0 Å². The second kappa shape index (κ2) is 7.82. The molecule has 4 heteroatoms. The summed E-state index contributed by atoms with van der Waals surface area (Å²) in [6, 6.07) is 0. The first kappa shape index (κ1) is 13.3. The quantitative estimate of drug-likeness (QED) is 0.690. The zero-order valence-corrected chi connectivity index (χ0v) is 7.99. The minimum atomic E-state index is 0. The first-order valence-electron chi connectivity index (χ1n) is 3.74. The van der Waals surface area contributed by atoms with Gasteiger partial charge in [-0.15, -0.1) is 12.4 Å². The van der Waals surface area contributed by atoms with Gasteiger partial charge in [0.2, 0.25) is 5.91 Å².